The van der Waals surface area contributed by atoms with Crippen LogP contribution in [0.3, 0.4) is 0 Å². The van der Waals surface area contributed by atoms with E-state index < -0.39 is 53.9 Å². The van der Waals surface area contributed by atoms with Crippen molar-refractivity contribution in [1.82, 2.24) is 14.6 Å². The topological polar surface area (TPSA) is 161 Å². The first-order chi connectivity index (χ1) is 17.2. The number of rotatable bonds is 10. The summed E-state index contributed by atoms with van der Waals surface area (Å²) in [5.74, 6) is -0.271. The van der Waals surface area contributed by atoms with E-state index in [4.69, 9.17) is 41.9 Å². The van der Waals surface area contributed by atoms with Crippen molar-refractivity contribution < 1.29 is 33.5 Å². The highest BCUT2D eigenvalue weighted by Gasteiger charge is 2.53. The molecule has 1 saturated heterocycles. The Labute approximate surface area is 222 Å². The molecule has 204 valence electrons. The average Bonchev–Trinajstić information content (AvgIpc) is 3.02. The van der Waals surface area contributed by atoms with E-state index in [-0.39, 0.29) is 12.7 Å². The van der Waals surface area contributed by atoms with Gasteiger partial charge in [0, 0.05) is 17.3 Å². The van der Waals surface area contributed by atoms with E-state index in [0.29, 0.717) is 10.8 Å². The number of H-pyrrole nitrogens is 1. The van der Waals surface area contributed by atoms with Crippen LogP contribution in [0.1, 0.15) is 33.9 Å². The van der Waals surface area contributed by atoms with E-state index in [9.17, 15) is 24.6 Å². The molecule has 37 heavy (non-hydrogen) atoms. The Morgan fingerprint density at radius 1 is 1.30 bits per heavy atom. The molecule has 1 fully saturated rings. The Morgan fingerprint density at radius 3 is 2.54 bits per heavy atom. The van der Waals surface area contributed by atoms with Gasteiger partial charge in [-0.25, -0.2) is 9.88 Å². The number of nitrogens with one attached hydrogen (secondary N) is 2. The molecule has 4 N–H and O–H groups in total. The number of aromatic nitrogens is 2. The minimum absolute atomic E-state index is 0.308. The Hall–Kier alpha value is -2.09. The molecule has 6 atom stereocenters. The van der Waals surface area contributed by atoms with Crippen molar-refractivity contribution in [3.63, 3.8) is 0 Å². The molecule has 3 rings (SSSR count). The molecule has 0 saturated carbocycles. The van der Waals surface area contributed by atoms with Crippen molar-refractivity contribution in [2.75, 3.05) is 6.61 Å². The maximum absolute atomic E-state index is 12.4. The monoisotopic (exact) mass is 577 g/mol. The molecule has 1 aromatic heterocycles. The fourth-order valence-corrected chi connectivity index (χ4v) is 6.05. The second-order valence-corrected chi connectivity index (χ2v) is 12.5. The molecule has 0 radical (unpaired) electrons. The predicted octanol–water partition coefficient (Wildman–Crippen LogP) is 1.45. The number of aliphatic hydroxyl groups excluding tert-OH is 1. The molecule has 0 aliphatic carbocycles. The normalized spacial score (nSPS) is 26.0. The number of benzene rings is 1. The van der Waals surface area contributed by atoms with Crippen LogP contribution in [0.15, 0.2) is 46.1 Å². The minimum Gasteiger partial charge on any atom is -0.462 e. The number of hydrogen-bond acceptors (Lipinski definition) is 10. The number of carbonyl (C=O) groups is 1. The molecule has 2 aromatic rings. The number of hydrogen-bond donors (Lipinski definition) is 4. The zero-order chi connectivity index (χ0) is 27.5. The van der Waals surface area contributed by atoms with E-state index in [2.05, 4.69) is 10.1 Å². The van der Waals surface area contributed by atoms with Crippen LogP contribution in [0.5, 0.6) is 5.75 Å². The van der Waals surface area contributed by atoms with Crippen molar-refractivity contribution in [1.29, 1.82) is 0 Å². The predicted molar refractivity (Wildman–Crippen MR) is 138 cm³/mol. The van der Waals surface area contributed by atoms with Gasteiger partial charge in [-0.15, -0.1) is 0 Å². The first-order valence-electron chi connectivity index (χ1n) is 11.3. The van der Waals surface area contributed by atoms with Crippen LogP contribution >= 0.6 is 18.2 Å². The smallest absolute Gasteiger partial charge is 0.330 e. The van der Waals surface area contributed by atoms with Gasteiger partial charge in [-0.3, -0.25) is 19.1 Å². The average molecular weight is 578 g/mol. The number of halogens is 1. The lowest BCUT2D eigenvalue weighted by Crippen LogP contribution is -2.47. The second kappa shape index (κ2) is 11.7. The van der Waals surface area contributed by atoms with Gasteiger partial charge in [0.2, 0.25) is 0 Å². The molecule has 15 heteroatoms. The van der Waals surface area contributed by atoms with Gasteiger partial charge in [0.25, 0.3) is 5.56 Å². The van der Waals surface area contributed by atoms with Gasteiger partial charge >= 0.3 is 18.3 Å². The van der Waals surface area contributed by atoms with Crippen LogP contribution in [-0.2, 0) is 30.6 Å². The largest absolute Gasteiger partial charge is 0.462 e. The molecule has 0 amide bonds. The maximum Gasteiger partial charge on any atom is 0.330 e. The SMILES string of the molecule is CC(C)OC(=O)C(C)NP(=S)(OC[C@H]1O[C@@H](n2ccc(=O)[nH]c2=O)[C@](C)(O)[C@@H]1O)Oc1ccc(Cl)cc1. The number of ether oxygens (including phenoxy) is 2. The van der Waals surface area contributed by atoms with Gasteiger partial charge in [0.05, 0.1) is 12.7 Å². The first kappa shape index (κ1) is 29.5. The van der Waals surface area contributed by atoms with Crippen LogP contribution in [0.2, 0.25) is 5.02 Å². The highest BCUT2D eigenvalue weighted by Crippen LogP contribution is 2.47. The van der Waals surface area contributed by atoms with Crippen LogP contribution in [0, 0.1) is 0 Å². The third-order valence-electron chi connectivity index (χ3n) is 5.36. The van der Waals surface area contributed by atoms with Gasteiger partial charge in [-0.2, -0.15) is 0 Å². The Balaban J connectivity index is 1.81. The van der Waals surface area contributed by atoms with Crippen LogP contribution in [-0.4, -0.2) is 62.3 Å². The zero-order valence-electron chi connectivity index (χ0n) is 20.5. The van der Waals surface area contributed by atoms with Crippen molar-refractivity contribution in [2.24, 2.45) is 0 Å². The summed E-state index contributed by atoms with van der Waals surface area (Å²) in [5, 5.41) is 25.0. The molecule has 2 unspecified atom stereocenters. The van der Waals surface area contributed by atoms with Crippen LogP contribution in [0.25, 0.3) is 0 Å². The van der Waals surface area contributed by atoms with Gasteiger partial charge in [-0.1, -0.05) is 11.6 Å². The number of carbonyl (C=O) groups excluding carboxylic acids is 1. The molecule has 2 heterocycles. The fraction of sp³-hybridized carbons (Fsp3) is 0.500. The molecular weight excluding hydrogens is 549 g/mol. The zero-order valence-corrected chi connectivity index (χ0v) is 23.0. The van der Waals surface area contributed by atoms with Gasteiger partial charge in [0.1, 0.15) is 29.6 Å². The third kappa shape index (κ3) is 7.27. The van der Waals surface area contributed by atoms with Crippen molar-refractivity contribution in [3.8, 4) is 5.75 Å². The first-order valence-corrected chi connectivity index (χ1v) is 14.3. The lowest BCUT2D eigenvalue weighted by molar-refractivity contribution is -0.149. The van der Waals surface area contributed by atoms with Gasteiger partial charge in [-0.05, 0) is 63.8 Å². The molecule has 1 aliphatic heterocycles. The summed E-state index contributed by atoms with van der Waals surface area (Å²) in [6, 6.07) is 6.47. The van der Waals surface area contributed by atoms with E-state index in [0.717, 1.165) is 16.8 Å². The summed E-state index contributed by atoms with van der Waals surface area (Å²) >= 11 is 11.6. The van der Waals surface area contributed by atoms with E-state index in [1.165, 1.54) is 13.8 Å². The number of aromatic amines is 1. The van der Waals surface area contributed by atoms with Crippen molar-refractivity contribution in [3.05, 3.63) is 62.4 Å². The summed E-state index contributed by atoms with van der Waals surface area (Å²) in [4.78, 5) is 38.1. The molecule has 1 aromatic carbocycles. The lowest BCUT2D eigenvalue weighted by Gasteiger charge is -2.28. The standard InChI is InChI=1S/C22H29ClN3O9PS/c1-12(2)33-19(29)13(3)25-36(37,35-15-7-5-14(23)6-8-15)32-11-16-18(28)22(4,31)20(34-16)26-10-9-17(27)24-21(26)30/h5-10,12-13,16,18,20,28,31H,11H2,1-4H3,(H,25,37)(H,24,27,30)/t13?,16-,18-,20-,22-,36?/m1/s1. The molecule has 0 bridgehead atoms. The molecule has 0 spiro atoms. The Kier molecular flexibility index (Phi) is 9.36. The Bertz CT molecular complexity index is 1270. The summed E-state index contributed by atoms with van der Waals surface area (Å²) in [6.07, 6.45) is -3.23. The number of esters is 1. The highest BCUT2D eigenvalue weighted by molar-refractivity contribution is 8.09. The van der Waals surface area contributed by atoms with Gasteiger partial charge < -0.3 is 28.7 Å². The van der Waals surface area contributed by atoms with Crippen LogP contribution < -0.4 is 20.9 Å². The second-order valence-electron chi connectivity index (χ2n) is 8.89. The maximum atomic E-state index is 12.4. The van der Waals surface area contributed by atoms with E-state index >= 15 is 0 Å². The molecular formula is C22H29ClN3O9PS. The van der Waals surface area contributed by atoms with Crippen molar-refractivity contribution >= 4 is 36.0 Å². The summed E-state index contributed by atoms with van der Waals surface area (Å²) in [7, 11) is 0. The summed E-state index contributed by atoms with van der Waals surface area (Å²) in [5.41, 5.74) is -3.39. The Morgan fingerprint density at radius 2 is 1.95 bits per heavy atom. The van der Waals surface area contributed by atoms with E-state index in [1.807, 2.05) is 0 Å². The lowest BCUT2D eigenvalue weighted by atomic mass is 9.96. The minimum atomic E-state index is -3.49. The van der Waals surface area contributed by atoms with Gasteiger partial charge in [0.15, 0.2) is 6.23 Å². The molecule has 12 nitrogen and oxygen atoms in total. The summed E-state index contributed by atoms with van der Waals surface area (Å²) < 4.78 is 23.7. The number of nitrogens with zero attached hydrogens (tertiary/aromatic N) is 1. The van der Waals surface area contributed by atoms with Crippen LogP contribution in [0.4, 0.5) is 0 Å². The highest BCUT2D eigenvalue weighted by atomic mass is 35.5. The fourth-order valence-electron chi connectivity index (χ4n) is 3.51. The van der Waals surface area contributed by atoms with Crippen molar-refractivity contribution in [2.45, 2.75) is 63.9 Å². The van der Waals surface area contributed by atoms with E-state index in [1.54, 1.807) is 38.1 Å². The quantitative estimate of drug-likeness (QED) is 0.239. The summed E-state index contributed by atoms with van der Waals surface area (Å²) in [6.45, 7) is 2.35. The molecule has 1 aliphatic rings. The third-order valence-corrected chi connectivity index (χ3v) is 8.12. The number of aliphatic hydroxyl groups is 2.